The molecule has 21 heavy (non-hydrogen) atoms. The van der Waals surface area contributed by atoms with Gasteiger partial charge >= 0.3 is 0 Å². The zero-order valence-electron chi connectivity index (χ0n) is 12.0. The first kappa shape index (κ1) is 15.2. The van der Waals surface area contributed by atoms with Gasteiger partial charge in [0.15, 0.2) is 0 Å². The van der Waals surface area contributed by atoms with Crippen molar-refractivity contribution >= 4 is 11.6 Å². The minimum absolute atomic E-state index is 0.0537. The molecule has 1 unspecified atom stereocenters. The fraction of sp³-hybridized carbons (Fsp3) is 0.235. The Morgan fingerprint density at radius 1 is 1.10 bits per heavy atom. The van der Waals surface area contributed by atoms with Crippen molar-refractivity contribution in [2.75, 3.05) is 18.5 Å². The van der Waals surface area contributed by atoms with E-state index in [0.717, 1.165) is 16.8 Å². The fourth-order valence-corrected chi connectivity index (χ4v) is 2.03. The highest BCUT2D eigenvalue weighted by Crippen LogP contribution is 2.11. The van der Waals surface area contributed by atoms with E-state index in [1.807, 2.05) is 61.5 Å². The van der Waals surface area contributed by atoms with Crippen molar-refractivity contribution in [2.24, 2.45) is 0 Å². The van der Waals surface area contributed by atoms with Crippen LogP contribution in [0.1, 0.15) is 17.2 Å². The highest BCUT2D eigenvalue weighted by molar-refractivity contribution is 5.92. The molecular formula is C17H20N2O2. The number of hydrogen-bond donors (Lipinski definition) is 3. The van der Waals surface area contributed by atoms with Crippen molar-refractivity contribution in [3.05, 3.63) is 65.7 Å². The number of aryl methyl sites for hydroxylation is 1. The summed E-state index contributed by atoms with van der Waals surface area (Å²) < 4.78 is 0. The van der Waals surface area contributed by atoms with Gasteiger partial charge in [0.2, 0.25) is 5.91 Å². The van der Waals surface area contributed by atoms with E-state index in [0.29, 0.717) is 0 Å². The quantitative estimate of drug-likeness (QED) is 0.762. The van der Waals surface area contributed by atoms with Crippen molar-refractivity contribution in [2.45, 2.75) is 13.0 Å². The molecule has 0 aliphatic heterocycles. The molecule has 3 N–H and O–H groups in total. The number of aliphatic hydroxyl groups is 1. The highest BCUT2D eigenvalue weighted by atomic mass is 16.3. The SMILES string of the molecule is Cc1ccc(NC(=O)CNC(CO)c2ccccc2)cc1. The van der Waals surface area contributed by atoms with Crippen LogP contribution in [-0.4, -0.2) is 24.2 Å². The Bertz CT molecular complexity index is 567. The summed E-state index contributed by atoms with van der Waals surface area (Å²) in [6.07, 6.45) is 0. The Kier molecular flexibility index (Phi) is 5.49. The fourth-order valence-electron chi connectivity index (χ4n) is 2.03. The third-order valence-electron chi connectivity index (χ3n) is 3.23. The van der Waals surface area contributed by atoms with Crippen molar-refractivity contribution < 1.29 is 9.90 Å². The first-order valence-corrected chi connectivity index (χ1v) is 6.95. The molecule has 0 saturated carbocycles. The second-order valence-corrected chi connectivity index (χ2v) is 4.94. The molecule has 1 amide bonds. The molecule has 0 fully saturated rings. The number of hydrogen-bond acceptors (Lipinski definition) is 3. The minimum Gasteiger partial charge on any atom is -0.394 e. The Balaban J connectivity index is 1.86. The Labute approximate surface area is 124 Å². The number of benzene rings is 2. The standard InChI is InChI=1S/C17H20N2O2/c1-13-7-9-15(10-8-13)19-17(21)11-18-16(12-20)14-5-3-2-4-6-14/h2-10,16,18,20H,11-12H2,1H3,(H,19,21). The summed E-state index contributed by atoms with van der Waals surface area (Å²) in [7, 11) is 0. The molecule has 0 saturated heterocycles. The van der Waals surface area contributed by atoms with Crippen LogP contribution in [0.25, 0.3) is 0 Å². The molecule has 0 spiro atoms. The summed E-state index contributed by atoms with van der Waals surface area (Å²) in [5, 5.41) is 15.3. The molecule has 0 bridgehead atoms. The van der Waals surface area contributed by atoms with Crippen molar-refractivity contribution in [1.82, 2.24) is 5.32 Å². The van der Waals surface area contributed by atoms with Gasteiger partial charge in [-0.1, -0.05) is 48.0 Å². The van der Waals surface area contributed by atoms with E-state index in [1.165, 1.54) is 0 Å². The van der Waals surface area contributed by atoms with Gasteiger partial charge in [0.1, 0.15) is 0 Å². The van der Waals surface area contributed by atoms with Gasteiger partial charge in [0.05, 0.1) is 19.2 Å². The van der Waals surface area contributed by atoms with E-state index in [9.17, 15) is 9.90 Å². The summed E-state index contributed by atoms with van der Waals surface area (Å²) in [4.78, 5) is 11.9. The topological polar surface area (TPSA) is 61.4 Å². The maximum Gasteiger partial charge on any atom is 0.238 e. The van der Waals surface area contributed by atoms with Crippen LogP contribution in [0.4, 0.5) is 5.69 Å². The summed E-state index contributed by atoms with van der Waals surface area (Å²) in [6.45, 7) is 2.09. The second-order valence-electron chi connectivity index (χ2n) is 4.94. The summed E-state index contributed by atoms with van der Waals surface area (Å²) in [5.41, 5.74) is 2.88. The van der Waals surface area contributed by atoms with Gasteiger partial charge in [-0.3, -0.25) is 10.1 Å². The zero-order chi connectivity index (χ0) is 15.1. The normalized spacial score (nSPS) is 11.9. The summed E-state index contributed by atoms with van der Waals surface area (Å²) in [6, 6.07) is 17.0. The van der Waals surface area contributed by atoms with Crippen molar-refractivity contribution in [3.8, 4) is 0 Å². The van der Waals surface area contributed by atoms with E-state index in [4.69, 9.17) is 0 Å². The third kappa shape index (κ3) is 4.70. The molecule has 2 rings (SSSR count). The van der Waals surface area contributed by atoms with Crippen molar-refractivity contribution in [1.29, 1.82) is 0 Å². The van der Waals surface area contributed by atoms with Gasteiger partial charge in [-0.2, -0.15) is 0 Å². The van der Waals surface area contributed by atoms with E-state index in [1.54, 1.807) is 0 Å². The number of anilines is 1. The molecule has 0 aromatic heterocycles. The molecule has 0 aliphatic carbocycles. The monoisotopic (exact) mass is 284 g/mol. The maximum atomic E-state index is 11.9. The average Bonchev–Trinajstić information content (AvgIpc) is 2.51. The number of amides is 1. The van der Waals surface area contributed by atoms with E-state index in [-0.39, 0.29) is 25.1 Å². The summed E-state index contributed by atoms with van der Waals surface area (Å²) in [5.74, 6) is -0.131. The lowest BCUT2D eigenvalue weighted by atomic mass is 10.1. The smallest absolute Gasteiger partial charge is 0.238 e. The van der Waals surface area contributed by atoms with E-state index in [2.05, 4.69) is 10.6 Å². The first-order valence-electron chi connectivity index (χ1n) is 6.95. The van der Waals surface area contributed by atoms with Crippen LogP contribution in [0.2, 0.25) is 0 Å². The Morgan fingerprint density at radius 3 is 2.38 bits per heavy atom. The molecule has 4 nitrogen and oxygen atoms in total. The minimum atomic E-state index is -0.241. The predicted molar refractivity (Wildman–Crippen MR) is 84.1 cm³/mol. The van der Waals surface area contributed by atoms with E-state index < -0.39 is 0 Å². The van der Waals surface area contributed by atoms with Crippen LogP contribution < -0.4 is 10.6 Å². The Hall–Kier alpha value is -2.17. The molecule has 2 aromatic carbocycles. The third-order valence-corrected chi connectivity index (χ3v) is 3.23. The molecule has 0 radical (unpaired) electrons. The summed E-state index contributed by atoms with van der Waals surface area (Å²) >= 11 is 0. The first-order chi connectivity index (χ1) is 10.2. The number of carbonyl (C=O) groups is 1. The van der Waals surface area contributed by atoms with Gasteiger partial charge in [-0.25, -0.2) is 0 Å². The Morgan fingerprint density at radius 2 is 1.76 bits per heavy atom. The van der Waals surface area contributed by atoms with Crippen LogP contribution >= 0.6 is 0 Å². The maximum absolute atomic E-state index is 11.9. The molecule has 0 heterocycles. The molecular weight excluding hydrogens is 264 g/mol. The highest BCUT2D eigenvalue weighted by Gasteiger charge is 2.11. The van der Waals surface area contributed by atoms with Crippen LogP contribution in [0.3, 0.4) is 0 Å². The predicted octanol–water partition coefficient (Wildman–Crippen LogP) is 2.26. The van der Waals surface area contributed by atoms with Crippen LogP contribution in [0.5, 0.6) is 0 Å². The lowest BCUT2D eigenvalue weighted by molar-refractivity contribution is -0.115. The molecule has 4 heteroatoms. The number of nitrogens with one attached hydrogen (secondary N) is 2. The van der Waals surface area contributed by atoms with Gasteiger partial charge in [-0.15, -0.1) is 0 Å². The zero-order valence-corrected chi connectivity index (χ0v) is 12.0. The van der Waals surface area contributed by atoms with Crippen LogP contribution in [-0.2, 0) is 4.79 Å². The van der Waals surface area contributed by atoms with Gasteiger partial charge < -0.3 is 10.4 Å². The van der Waals surface area contributed by atoms with Crippen LogP contribution in [0, 0.1) is 6.92 Å². The van der Waals surface area contributed by atoms with Gasteiger partial charge in [-0.05, 0) is 24.6 Å². The molecule has 2 aromatic rings. The largest absolute Gasteiger partial charge is 0.394 e. The lowest BCUT2D eigenvalue weighted by Gasteiger charge is -2.16. The van der Waals surface area contributed by atoms with E-state index >= 15 is 0 Å². The molecule has 110 valence electrons. The second kappa shape index (κ2) is 7.57. The molecule has 1 atom stereocenters. The van der Waals surface area contributed by atoms with Gasteiger partial charge in [0, 0.05) is 5.69 Å². The number of rotatable bonds is 6. The average molecular weight is 284 g/mol. The van der Waals surface area contributed by atoms with Gasteiger partial charge in [0.25, 0.3) is 0 Å². The molecule has 0 aliphatic rings. The van der Waals surface area contributed by atoms with Crippen LogP contribution in [0.15, 0.2) is 54.6 Å². The number of aliphatic hydroxyl groups excluding tert-OH is 1. The van der Waals surface area contributed by atoms with Crippen molar-refractivity contribution in [3.63, 3.8) is 0 Å². The lowest BCUT2D eigenvalue weighted by Crippen LogP contribution is -2.32. The number of carbonyl (C=O) groups excluding carboxylic acids is 1.